The standard InChI is InChI=1S/C19H20BrN5.HI/c20-14-8-9-18-23-15(12-25(18)11-14)10-22-19(21)24-17-7-3-5-13-4-1-2-6-16(13)17;/h3,5,7-9,11-12H,1-2,4,6,10H2,(H3,21,22,24);1H. The normalized spacial score (nSPS) is 14.0. The van der Waals surface area contributed by atoms with E-state index < -0.39 is 0 Å². The van der Waals surface area contributed by atoms with Crippen molar-refractivity contribution in [3.05, 3.63) is 64.0 Å². The van der Waals surface area contributed by atoms with Crippen LogP contribution in [0.25, 0.3) is 5.65 Å². The second-order valence-electron chi connectivity index (χ2n) is 6.32. The molecule has 7 heteroatoms. The number of imidazole rings is 1. The zero-order valence-corrected chi connectivity index (χ0v) is 18.2. The molecule has 2 heterocycles. The third kappa shape index (κ3) is 4.20. The van der Waals surface area contributed by atoms with Gasteiger partial charge in [0.25, 0.3) is 0 Å². The van der Waals surface area contributed by atoms with Crippen molar-refractivity contribution in [2.45, 2.75) is 32.2 Å². The van der Waals surface area contributed by atoms with Crippen LogP contribution in [0.1, 0.15) is 29.7 Å². The summed E-state index contributed by atoms with van der Waals surface area (Å²) in [5.41, 5.74) is 11.8. The second kappa shape index (κ2) is 8.39. The maximum absolute atomic E-state index is 6.10. The maximum atomic E-state index is 6.10. The molecule has 1 aromatic carbocycles. The predicted octanol–water partition coefficient (Wildman–Crippen LogP) is 4.52. The quantitative estimate of drug-likeness (QED) is 0.300. The van der Waals surface area contributed by atoms with Crippen molar-refractivity contribution in [3.63, 3.8) is 0 Å². The Bertz CT molecular complexity index is 950. The molecule has 0 bridgehead atoms. The number of nitrogens with zero attached hydrogens (tertiary/aromatic N) is 3. The van der Waals surface area contributed by atoms with Gasteiger partial charge in [-0.3, -0.25) is 0 Å². The number of fused-ring (bicyclic) bond motifs is 2. The van der Waals surface area contributed by atoms with Crippen LogP contribution in [0.3, 0.4) is 0 Å². The molecule has 0 aliphatic heterocycles. The minimum atomic E-state index is 0. The zero-order valence-electron chi connectivity index (χ0n) is 14.3. The molecule has 4 rings (SSSR count). The highest BCUT2D eigenvalue weighted by Gasteiger charge is 2.13. The van der Waals surface area contributed by atoms with Crippen LogP contribution >= 0.6 is 39.9 Å². The van der Waals surface area contributed by atoms with E-state index in [2.05, 4.69) is 49.4 Å². The highest BCUT2D eigenvalue weighted by atomic mass is 127. The lowest BCUT2D eigenvalue weighted by Gasteiger charge is -2.19. The molecule has 3 N–H and O–H groups in total. The molecule has 0 amide bonds. The topological polar surface area (TPSA) is 67.7 Å². The highest BCUT2D eigenvalue weighted by Crippen LogP contribution is 2.27. The molecule has 0 saturated heterocycles. The number of anilines is 1. The van der Waals surface area contributed by atoms with Crippen LogP contribution in [0.5, 0.6) is 0 Å². The monoisotopic (exact) mass is 525 g/mol. The molecule has 5 nitrogen and oxygen atoms in total. The zero-order chi connectivity index (χ0) is 17.2. The third-order valence-electron chi connectivity index (χ3n) is 4.53. The Balaban J connectivity index is 0.00000196. The molecule has 2 aromatic heterocycles. The number of hydrogen-bond donors (Lipinski definition) is 2. The lowest BCUT2D eigenvalue weighted by atomic mass is 9.90. The van der Waals surface area contributed by atoms with Crippen molar-refractivity contribution in [3.8, 4) is 0 Å². The number of pyridine rings is 1. The average molecular weight is 526 g/mol. The smallest absolute Gasteiger partial charge is 0.193 e. The van der Waals surface area contributed by atoms with E-state index in [1.807, 2.05) is 28.9 Å². The van der Waals surface area contributed by atoms with Crippen LogP contribution in [0, 0.1) is 0 Å². The number of halogens is 2. The number of benzene rings is 1. The fourth-order valence-electron chi connectivity index (χ4n) is 3.34. The first-order valence-corrected chi connectivity index (χ1v) is 9.29. The van der Waals surface area contributed by atoms with Crippen LogP contribution < -0.4 is 11.1 Å². The fraction of sp³-hybridized carbons (Fsp3) is 0.263. The maximum Gasteiger partial charge on any atom is 0.193 e. The Morgan fingerprint density at radius 3 is 2.92 bits per heavy atom. The lowest BCUT2D eigenvalue weighted by Crippen LogP contribution is -2.24. The molecule has 136 valence electrons. The number of aliphatic imine (C=N–C) groups is 1. The third-order valence-corrected chi connectivity index (χ3v) is 5.00. The van der Waals surface area contributed by atoms with Gasteiger partial charge < -0.3 is 15.5 Å². The number of nitrogens with two attached hydrogens (primary N) is 1. The number of aryl methyl sites for hydroxylation is 1. The molecule has 1 aliphatic carbocycles. The van der Waals surface area contributed by atoms with Crippen molar-refractivity contribution in [2.24, 2.45) is 10.7 Å². The Labute approximate surface area is 178 Å². The minimum absolute atomic E-state index is 0. The van der Waals surface area contributed by atoms with E-state index >= 15 is 0 Å². The predicted molar refractivity (Wildman–Crippen MR) is 120 cm³/mol. The number of nitrogens with one attached hydrogen (secondary N) is 1. The lowest BCUT2D eigenvalue weighted by molar-refractivity contribution is 0.687. The molecule has 0 saturated carbocycles. The Morgan fingerprint density at radius 2 is 2.04 bits per heavy atom. The van der Waals surface area contributed by atoms with E-state index in [1.54, 1.807) is 0 Å². The van der Waals surface area contributed by atoms with Gasteiger partial charge in [0.2, 0.25) is 0 Å². The molecular weight excluding hydrogens is 505 g/mol. The summed E-state index contributed by atoms with van der Waals surface area (Å²) < 4.78 is 2.99. The van der Waals surface area contributed by atoms with E-state index in [4.69, 9.17) is 5.73 Å². The van der Waals surface area contributed by atoms with Crippen molar-refractivity contribution >= 4 is 57.2 Å². The molecule has 26 heavy (non-hydrogen) atoms. The van der Waals surface area contributed by atoms with Gasteiger partial charge in [-0.25, -0.2) is 9.98 Å². The van der Waals surface area contributed by atoms with Crippen LogP contribution in [0.2, 0.25) is 0 Å². The van der Waals surface area contributed by atoms with Crippen LogP contribution in [-0.2, 0) is 19.4 Å². The first-order chi connectivity index (χ1) is 12.2. The van der Waals surface area contributed by atoms with Gasteiger partial charge >= 0.3 is 0 Å². The SMILES string of the molecule is I.NC(=NCc1cn2cc(Br)ccc2n1)Nc1cccc2c1CCCC2. The number of hydrogen-bond acceptors (Lipinski definition) is 2. The first kappa shape index (κ1) is 19.2. The van der Waals surface area contributed by atoms with Crippen molar-refractivity contribution < 1.29 is 0 Å². The molecule has 0 fully saturated rings. The Morgan fingerprint density at radius 1 is 1.19 bits per heavy atom. The molecule has 0 unspecified atom stereocenters. The highest BCUT2D eigenvalue weighted by molar-refractivity contribution is 14.0. The van der Waals surface area contributed by atoms with Gasteiger partial charge in [-0.2, -0.15) is 0 Å². The largest absolute Gasteiger partial charge is 0.370 e. The van der Waals surface area contributed by atoms with E-state index in [1.165, 1.54) is 24.0 Å². The molecule has 0 spiro atoms. The van der Waals surface area contributed by atoms with Gasteiger partial charge in [0.15, 0.2) is 5.96 Å². The molecule has 3 aromatic rings. The summed E-state index contributed by atoms with van der Waals surface area (Å²) in [6, 6.07) is 10.3. The van der Waals surface area contributed by atoms with E-state index in [-0.39, 0.29) is 24.0 Å². The second-order valence-corrected chi connectivity index (χ2v) is 7.24. The summed E-state index contributed by atoms with van der Waals surface area (Å²) in [5.74, 6) is 0.428. The number of aromatic nitrogens is 2. The van der Waals surface area contributed by atoms with Crippen molar-refractivity contribution in [2.75, 3.05) is 5.32 Å². The van der Waals surface area contributed by atoms with E-state index in [0.29, 0.717) is 12.5 Å². The first-order valence-electron chi connectivity index (χ1n) is 8.50. The summed E-state index contributed by atoms with van der Waals surface area (Å²) in [5, 5.41) is 3.27. The van der Waals surface area contributed by atoms with Crippen LogP contribution in [-0.4, -0.2) is 15.3 Å². The summed E-state index contributed by atoms with van der Waals surface area (Å²) in [6.07, 6.45) is 8.71. The van der Waals surface area contributed by atoms with Gasteiger partial charge in [0.1, 0.15) is 5.65 Å². The Hall–Kier alpha value is -1.61. The van der Waals surface area contributed by atoms with Crippen LogP contribution in [0.4, 0.5) is 5.69 Å². The van der Waals surface area contributed by atoms with Gasteiger partial charge in [0, 0.05) is 22.6 Å². The summed E-state index contributed by atoms with van der Waals surface area (Å²) in [6.45, 7) is 0.452. The molecule has 1 aliphatic rings. The van der Waals surface area contributed by atoms with E-state index in [9.17, 15) is 0 Å². The van der Waals surface area contributed by atoms with Gasteiger partial charge in [-0.1, -0.05) is 12.1 Å². The molecule has 0 radical (unpaired) electrons. The number of guanidine groups is 1. The van der Waals surface area contributed by atoms with E-state index in [0.717, 1.165) is 34.3 Å². The minimum Gasteiger partial charge on any atom is -0.370 e. The van der Waals surface area contributed by atoms with Gasteiger partial charge in [-0.05, 0) is 70.9 Å². The van der Waals surface area contributed by atoms with Crippen molar-refractivity contribution in [1.29, 1.82) is 0 Å². The average Bonchev–Trinajstić information content (AvgIpc) is 3.02. The summed E-state index contributed by atoms with van der Waals surface area (Å²) in [7, 11) is 0. The van der Waals surface area contributed by atoms with Gasteiger partial charge in [0.05, 0.1) is 12.2 Å². The number of rotatable bonds is 3. The van der Waals surface area contributed by atoms with Crippen LogP contribution in [0.15, 0.2) is 52.2 Å². The van der Waals surface area contributed by atoms with Gasteiger partial charge in [-0.15, -0.1) is 24.0 Å². The molecular formula is C19H21BrIN5. The Kier molecular flexibility index (Phi) is 6.18. The summed E-state index contributed by atoms with van der Waals surface area (Å²) in [4.78, 5) is 9.01. The summed E-state index contributed by atoms with van der Waals surface area (Å²) >= 11 is 3.46. The molecule has 0 atom stereocenters. The fourth-order valence-corrected chi connectivity index (χ4v) is 3.69. The van der Waals surface area contributed by atoms with Crippen molar-refractivity contribution in [1.82, 2.24) is 9.38 Å².